The fourth-order valence-corrected chi connectivity index (χ4v) is 4.84. The molecule has 1 aromatic rings. The molecule has 1 aliphatic carbocycles. The maximum Gasteiger partial charge on any atom is 0.243 e. The molecule has 1 heterocycles. The fourth-order valence-electron chi connectivity index (χ4n) is 1.58. The minimum atomic E-state index is -3.70. The second-order valence-corrected chi connectivity index (χ2v) is 8.11. The molecule has 0 saturated heterocycles. The molecule has 8 heteroatoms. The topological polar surface area (TPSA) is 66.4 Å². The lowest BCUT2D eigenvalue weighted by molar-refractivity contribution is -0.0270. The number of thiophene rings is 1. The van der Waals surface area contributed by atoms with Gasteiger partial charge in [0.25, 0.3) is 0 Å². The van der Waals surface area contributed by atoms with Crippen LogP contribution in [-0.4, -0.2) is 25.7 Å². The largest absolute Gasteiger partial charge is 0.389 e. The molecule has 0 spiro atoms. The Morgan fingerprint density at radius 2 is 2.12 bits per heavy atom. The number of rotatable bonds is 4. The lowest BCUT2D eigenvalue weighted by atomic mass is 9.81. The lowest BCUT2D eigenvalue weighted by Gasteiger charge is -2.36. The fraction of sp³-hybridized carbons (Fsp3) is 0.556. The molecule has 1 fully saturated rings. The van der Waals surface area contributed by atoms with Gasteiger partial charge in [-0.25, -0.2) is 13.1 Å². The van der Waals surface area contributed by atoms with Crippen LogP contribution < -0.4 is 4.72 Å². The van der Waals surface area contributed by atoms with Gasteiger partial charge in [-0.15, -0.1) is 11.3 Å². The van der Waals surface area contributed by atoms with E-state index in [-0.39, 0.29) is 15.8 Å². The van der Waals surface area contributed by atoms with Crippen LogP contribution in [0.5, 0.6) is 0 Å². The SMILES string of the molecule is O=S(=O)(NCC1(O)CCC1)c1cc(Cl)sc1Cl. The summed E-state index contributed by atoms with van der Waals surface area (Å²) in [6.45, 7) is 0.0130. The first-order valence-electron chi connectivity index (χ1n) is 4.99. The predicted octanol–water partition coefficient (Wildman–Crippen LogP) is 2.25. The molecule has 2 N–H and O–H groups in total. The number of sulfonamides is 1. The lowest BCUT2D eigenvalue weighted by Crippen LogP contribution is -2.47. The second kappa shape index (κ2) is 4.68. The van der Waals surface area contributed by atoms with Crippen LogP contribution in [0.3, 0.4) is 0 Å². The minimum Gasteiger partial charge on any atom is -0.389 e. The monoisotopic (exact) mass is 315 g/mol. The van der Waals surface area contributed by atoms with Crippen molar-refractivity contribution in [2.24, 2.45) is 0 Å². The van der Waals surface area contributed by atoms with Crippen LogP contribution in [-0.2, 0) is 10.0 Å². The van der Waals surface area contributed by atoms with E-state index in [1.54, 1.807) is 0 Å². The number of hydrogen-bond donors (Lipinski definition) is 2. The molecule has 0 amide bonds. The smallest absolute Gasteiger partial charge is 0.243 e. The van der Waals surface area contributed by atoms with Crippen molar-refractivity contribution in [3.63, 3.8) is 0 Å². The summed E-state index contributed by atoms with van der Waals surface area (Å²) in [6, 6.07) is 1.31. The average molecular weight is 316 g/mol. The summed E-state index contributed by atoms with van der Waals surface area (Å²) in [5, 5.41) is 9.81. The molecule has 0 radical (unpaired) electrons. The van der Waals surface area contributed by atoms with Gasteiger partial charge in [0.1, 0.15) is 9.23 Å². The van der Waals surface area contributed by atoms with E-state index < -0.39 is 15.6 Å². The van der Waals surface area contributed by atoms with Gasteiger partial charge in [0.15, 0.2) is 0 Å². The summed E-state index contributed by atoms with van der Waals surface area (Å²) in [5.41, 5.74) is -0.903. The summed E-state index contributed by atoms with van der Waals surface area (Å²) in [7, 11) is -3.70. The molecule has 0 aromatic carbocycles. The van der Waals surface area contributed by atoms with Crippen molar-refractivity contribution in [3.8, 4) is 0 Å². The van der Waals surface area contributed by atoms with Gasteiger partial charge in [-0.1, -0.05) is 23.2 Å². The van der Waals surface area contributed by atoms with Crippen LogP contribution in [0.25, 0.3) is 0 Å². The van der Waals surface area contributed by atoms with Gasteiger partial charge in [-0.3, -0.25) is 0 Å². The molecule has 0 aliphatic heterocycles. The zero-order chi connectivity index (χ0) is 12.7. The first-order valence-corrected chi connectivity index (χ1v) is 8.05. The Labute approximate surface area is 114 Å². The number of nitrogens with one attached hydrogen (secondary N) is 1. The quantitative estimate of drug-likeness (QED) is 0.895. The van der Waals surface area contributed by atoms with Gasteiger partial charge in [0.2, 0.25) is 10.0 Å². The molecule has 1 aromatic heterocycles. The average Bonchev–Trinajstić information content (AvgIpc) is 2.53. The normalized spacial score (nSPS) is 19.0. The Balaban J connectivity index is 2.11. The van der Waals surface area contributed by atoms with Crippen LogP contribution in [0.1, 0.15) is 19.3 Å². The molecule has 1 aliphatic rings. The van der Waals surface area contributed by atoms with Crippen molar-refractivity contribution < 1.29 is 13.5 Å². The van der Waals surface area contributed by atoms with Crippen molar-refractivity contribution in [2.45, 2.75) is 29.8 Å². The number of hydrogen-bond acceptors (Lipinski definition) is 4. The predicted molar refractivity (Wildman–Crippen MR) is 68.3 cm³/mol. The minimum absolute atomic E-state index is 0.0130. The highest BCUT2D eigenvalue weighted by atomic mass is 35.5. The Morgan fingerprint density at radius 3 is 2.53 bits per heavy atom. The number of aliphatic hydroxyl groups is 1. The van der Waals surface area contributed by atoms with Crippen molar-refractivity contribution in [1.29, 1.82) is 0 Å². The van der Waals surface area contributed by atoms with Gasteiger partial charge >= 0.3 is 0 Å². The van der Waals surface area contributed by atoms with E-state index in [2.05, 4.69) is 4.72 Å². The molecular weight excluding hydrogens is 305 g/mol. The van der Waals surface area contributed by atoms with E-state index in [0.29, 0.717) is 17.2 Å². The summed E-state index contributed by atoms with van der Waals surface area (Å²) < 4.78 is 26.6. The third-order valence-electron chi connectivity index (χ3n) is 2.79. The van der Waals surface area contributed by atoms with Crippen LogP contribution in [0, 0.1) is 0 Å². The molecule has 0 bridgehead atoms. The van der Waals surface area contributed by atoms with Crippen molar-refractivity contribution in [3.05, 3.63) is 14.7 Å². The third kappa shape index (κ3) is 2.94. The van der Waals surface area contributed by atoms with Gasteiger partial charge in [0, 0.05) is 6.54 Å². The maximum atomic E-state index is 11.9. The summed E-state index contributed by atoms with van der Waals surface area (Å²) in [5.74, 6) is 0. The molecular formula is C9H11Cl2NO3S2. The molecule has 96 valence electrons. The first-order chi connectivity index (χ1) is 7.82. The van der Waals surface area contributed by atoms with Crippen LogP contribution in [0.15, 0.2) is 11.0 Å². The van der Waals surface area contributed by atoms with Crippen molar-refractivity contribution in [2.75, 3.05) is 6.54 Å². The van der Waals surface area contributed by atoms with Crippen LogP contribution in [0.4, 0.5) is 0 Å². The Morgan fingerprint density at radius 1 is 1.47 bits per heavy atom. The molecule has 1 saturated carbocycles. The summed E-state index contributed by atoms with van der Waals surface area (Å²) in [4.78, 5) is -0.0305. The van der Waals surface area contributed by atoms with Crippen molar-refractivity contribution in [1.82, 2.24) is 4.72 Å². The Kier molecular flexibility index (Phi) is 3.74. The number of halogens is 2. The van der Waals surface area contributed by atoms with E-state index in [1.807, 2.05) is 0 Å². The van der Waals surface area contributed by atoms with Gasteiger partial charge in [0.05, 0.1) is 9.94 Å². The standard InChI is InChI=1S/C9H11Cl2NO3S2/c10-7-4-6(8(11)16-7)17(14,15)12-5-9(13)2-1-3-9/h4,12-13H,1-3,5H2. The third-order valence-corrected chi connectivity index (χ3v) is 5.94. The molecule has 0 unspecified atom stereocenters. The van der Waals surface area contributed by atoms with E-state index in [9.17, 15) is 13.5 Å². The molecule has 0 atom stereocenters. The summed E-state index contributed by atoms with van der Waals surface area (Å²) in [6.07, 6.45) is 2.16. The van der Waals surface area contributed by atoms with E-state index in [1.165, 1.54) is 6.07 Å². The highest BCUT2D eigenvalue weighted by molar-refractivity contribution is 7.89. The van der Waals surface area contributed by atoms with E-state index in [0.717, 1.165) is 17.8 Å². The first kappa shape index (κ1) is 13.6. The highest BCUT2D eigenvalue weighted by Crippen LogP contribution is 2.35. The Hall–Kier alpha value is 0.150. The second-order valence-electron chi connectivity index (χ2n) is 4.09. The van der Waals surface area contributed by atoms with Crippen molar-refractivity contribution >= 4 is 44.6 Å². The zero-order valence-electron chi connectivity index (χ0n) is 8.74. The zero-order valence-corrected chi connectivity index (χ0v) is 11.9. The summed E-state index contributed by atoms with van der Waals surface area (Å²) >= 11 is 12.5. The maximum absolute atomic E-state index is 11.9. The highest BCUT2D eigenvalue weighted by Gasteiger charge is 2.36. The Bertz CT molecular complexity index is 522. The molecule has 2 rings (SSSR count). The van der Waals surface area contributed by atoms with Gasteiger partial charge in [-0.05, 0) is 25.3 Å². The van der Waals surface area contributed by atoms with Crippen LogP contribution in [0.2, 0.25) is 8.67 Å². The molecule has 4 nitrogen and oxygen atoms in total. The van der Waals surface area contributed by atoms with Gasteiger partial charge in [-0.2, -0.15) is 0 Å². The van der Waals surface area contributed by atoms with Crippen LogP contribution >= 0.6 is 34.5 Å². The molecule has 17 heavy (non-hydrogen) atoms. The van der Waals surface area contributed by atoms with E-state index in [4.69, 9.17) is 23.2 Å². The van der Waals surface area contributed by atoms with Gasteiger partial charge < -0.3 is 5.11 Å². The van der Waals surface area contributed by atoms with E-state index >= 15 is 0 Å².